The van der Waals surface area contributed by atoms with E-state index >= 15 is 0 Å². The molecule has 202 valence electrons. The lowest BCUT2D eigenvalue weighted by atomic mass is 10.1. The van der Waals surface area contributed by atoms with E-state index in [0.29, 0.717) is 29.9 Å². The molecular formula is C26H17ClF3N7O3. The molecule has 1 saturated heterocycles. The number of anilines is 1. The molecule has 1 atom stereocenters. The maximum atomic E-state index is 14.2. The normalized spacial score (nSPS) is 15.2. The van der Waals surface area contributed by atoms with Crippen molar-refractivity contribution in [2.75, 3.05) is 25.1 Å². The zero-order valence-electron chi connectivity index (χ0n) is 20.6. The minimum absolute atomic E-state index is 0.0572. The van der Waals surface area contributed by atoms with E-state index in [1.807, 2.05) is 4.90 Å². The molecule has 0 spiro atoms. The smallest absolute Gasteiger partial charge is 0.342 e. The lowest BCUT2D eigenvalue weighted by Gasteiger charge is -2.20. The molecule has 4 aromatic heterocycles. The molecule has 1 aliphatic rings. The van der Waals surface area contributed by atoms with Crippen LogP contribution in [0.1, 0.15) is 6.42 Å². The fourth-order valence-corrected chi connectivity index (χ4v) is 5.04. The van der Waals surface area contributed by atoms with Gasteiger partial charge < -0.3 is 9.64 Å². The van der Waals surface area contributed by atoms with Crippen molar-refractivity contribution >= 4 is 34.0 Å². The number of benzene rings is 1. The van der Waals surface area contributed by atoms with Gasteiger partial charge in [-0.2, -0.15) is 10.2 Å². The van der Waals surface area contributed by atoms with Gasteiger partial charge in [-0.25, -0.2) is 27.5 Å². The number of pyridine rings is 2. The highest BCUT2D eigenvalue weighted by Crippen LogP contribution is 2.31. The number of hydrogen-bond donors (Lipinski definition) is 0. The first-order valence-electron chi connectivity index (χ1n) is 11.9. The van der Waals surface area contributed by atoms with Gasteiger partial charge in [-0.15, -0.1) is 0 Å². The highest BCUT2D eigenvalue weighted by Gasteiger charge is 2.28. The predicted octanol–water partition coefficient (Wildman–Crippen LogP) is 3.61. The fraction of sp³-hybridized carbons (Fsp3) is 0.192. The van der Waals surface area contributed by atoms with E-state index in [0.717, 1.165) is 33.5 Å². The van der Waals surface area contributed by atoms with E-state index in [9.17, 15) is 28.0 Å². The second-order valence-corrected chi connectivity index (χ2v) is 9.52. The van der Waals surface area contributed by atoms with Crippen molar-refractivity contribution in [1.82, 2.24) is 23.5 Å². The van der Waals surface area contributed by atoms with E-state index in [-0.39, 0.29) is 44.9 Å². The largest absolute Gasteiger partial charge is 0.480 e. The lowest BCUT2D eigenvalue weighted by molar-refractivity contribution is 0.402. The summed E-state index contributed by atoms with van der Waals surface area (Å²) in [5, 5.41) is 8.94. The van der Waals surface area contributed by atoms with Crippen molar-refractivity contribution in [3.05, 3.63) is 86.0 Å². The quantitative estimate of drug-likeness (QED) is 0.326. The highest BCUT2D eigenvalue weighted by atomic mass is 35.5. The molecule has 14 heteroatoms. The number of imidazole rings is 1. The SMILES string of the molecule is COc1nc(N2CC[C@@H](C#N)C2)cc2c1c(=O)n(-c1cnc3cc(F)c(F)cn13)c(=O)n2-c1ccc(F)c(Cl)c1. The van der Waals surface area contributed by atoms with E-state index in [1.165, 1.54) is 25.3 Å². The second kappa shape index (κ2) is 9.42. The third-order valence-electron chi connectivity index (χ3n) is 6.80. The number of aromatic nitrogens is 5. The Morgan fingerprint density at radius 3 is 2.60 bits per heavy atom. The predicted molar refractivity (Wildman–Crippen MR) is 139 cm³/mol. The van der Waals surface area contributed by atoms with Gasteiger partial charge in [0.1, 0.15) is 28.5 Å². The van der Waals surface area contributed by atoms with Crippen molar-refractivity contribution < 1.29 is 17.9 Å². The molecule has 1 fully saturated rings. The molecule has 0 amide bonds. The van der Waals surface area contributed by atoms with Gasteiger partial charge in [-0.1, -0.05) is 11.6 Å². The number of ether oxygens (including phenoxy) is 1. The van der Waals surface area contributed by atoms with Gasteiger partial charge in [-0.05, 0) is 24.6 Å². The lowest BCUT2D eigenvalue weighted by Crippen LogP contribution is -2.39. The van der Waals surface area contributed by atoms with Gasteiger partial charge in [0.2, 0.25) is 5.88 Å². The number of halogens is 4. The summed E-state index contributed by atoms with van der Waals surface area (Å²) in [6.07, 6.45) is 2.48. The standard InChI is InChI=1S/C26H17ClF3N7O3/c1-40-24-23-19(8-21(33-24)34-5-4-13(9-31)11-34)36(14-2-3-16(28)15(27)6-14)26(39)37(25(23)38)22-10-32-20-7-17(29)18(30)12-35(20)22/h2-3,6-8,10,12-13H,4-5,11H2,1H3/t13-/m0/s1. The average molecular weight is 568 g/mol. The first-order valence-corrected chi connectivity index (χ1v) is 12.3. The van der Waals surface area contributed by atoms with Gasteiger partial charge in [0.25, 0.3) is 5.56 Å². The Hall–Kier alpha value is -4.83. The van der Waals surface area contributed by atoms with E-state index in [2.05, 4.69) is 16.0 Å². The number of nitriles is 1. The zero-order valence-corrected chi connectivity index (χ0v) is 21.4. The van der Waals surface area contributed by atoms with Crippen LogP contribution in [0.2, 0.25) is 5.02 Å². The first-order chi connectivity index (χ1) is 19.2. The van der Waals surface area contributed by atoms with Crippen molar-refractivity contribution in [1.29, 1.82) is 5.26 Å². The monoisotopic (exact) mass is 567 g/mol. The molecule has 1 aliphatic heterocycles. The Labute approximate surface area is 227 Å². The molecule has 10 nitrogen and oxygen atoms in total. The topological polar surface area (TPSA) is 110 Å². The van der Waals surface area contributed by atoms with Crippen LogP contribution in [0, 0.1) is 34.7 Å². The molecule has 1 aromatic carbocycles. The van der Waals surface area contributed by atoms with Crippen LogP contribution in [0.3, 0.4) is 0 Å². The maximum Gasteiger partial charge on any atom is 0.342 e. The molecule has 6 rings (SSSR count). The summed E-state index contributed by atoms with van der Waals surface area (Å²) in [5.41, 5.74) is -1.68. The van der Waals surface area contributed by atoms with Gasteiger partial charge in [0.05, 0.1) is 47.7 Å². The van der Waals surface area contributed by atoms with E-state index in [1.54, 1.807) is 0 Å². The molecule has 0 aliphatic carbocycles. The molecule has 40 heavy (non-hydrogen) atoms. The maximum absolute atomic E-state index is 14.2. The summed E-state index contributed by atoms with van der Waals surface area (Å²) in [5.74, 6) is -3.29. The minimum atomic E-state index is -1.23. The molecule has 5 aromatic rings. The third kappa shape index (κ3) is 3.87. The van der Waals surface area contributed by atoms with Crippen LogP contribution < -0.4 is 20.9 Å². The second-order valence-electron chi connectivity index (χ2n) is 9.12. The Bertz CT molecular complexity index is 2010. The number of nitrogens with zero attached hydrogens (tertiary/aromatic N) is 7. The van der Waals surface area contributed by atoms with Gasteiger partial charge in [0.15, 0.2) is 11.6 Å². The Balaban J connectivity index is 1.73. The molecular weight excluding hydrogens is 551 g/mol. The van der Waals surface area contributed by atoms with Crippen molar-refractivity contribution in [2.45, 2.75) is 6.42 Å². The van der Waals surface area contributed by atoms with Gasteiger partial charge in [0, 0.05) is 25.2 Å². The third-order valence-corrected chi connectivity index (χ3v) is 7.09. The number of fused-ring (bicyclic) bond motifs is 2. The zero-order chi connectivity index (χ0) is 28.3. The summed E-state index contributed by atoms with van der Waals surface area (Å²) in [6, 6.07) is 8.13. The average Bonchev–Trinajstić information content (AvgIpc) is 3.58. The molecule has 0 unspecified atom stereocenters. The minimum Gasteiger partial charge on any atom is -0.480 e. The van der Waals surface area contributed by atoms with Crippen LogP contribution in [0.4, 0.5) is 19.0 Å². The summed E-state index contributed by atoms with van der Waals surface area (Å²) in [7, 11) is 1.30. The number of hydrogen-bond acceptors (Lipinski definition) is 7. The summed E-state index contributed by atoms with van der Waals surface area (Å²) >= 11 is 6.05. The molecule has 0 N–H and O–H groups in total. The van der Waals surface area contributed by atoms with Crippen LogP contribution in [-0.4, -0.2) is 43.7 Å². The van der Waals surface area contributed by atoms with Crippen LogP contribution in [0.25, 0.3) is 28.1 Å². The van der Waals surface area contributed by atoms with Crippen LogP contribution in [0.15, 0.2) is 52.3 Å². The highest BCUT2D eigenvalue weighted by molar-refractivity contribution is 6.30. The Kier molecular flexibility index (Phi) is 5.99. The number of rotatable bonds is 4. The Morgan fingerprint density at radius 1 is 1.10 bits per heavy atom. The van der Waals surface area contributed by atoms with E-state index in [4.69, 9.17) is 16.3 Å². The van der Waals surface area contributed by atoms with Crippen LogP contribution in [0.5, 0.6) is 5.88 Å². The molecule has 5 heterocycles. The van der Waals surface area contributed by atoms with E-state index < -0.39 is 28.7 Å². The van der Waals surface area contributed by atoms with Crippen molar-refractivity contribution in [3.8, 4) is 23.5 Å². The van der Waals surface area contributed by atoms with Crippen molar-refractivity contribution in [3.63, 3.8) is 0 Å². The van der Waals surface area contributed by atoms with Gasteiger partial charge >= 0.3 is 5.69 Å². The van der Waals surface area contributed by atoms with Crippen LogP contribution in [-0.2, 0) is 0 Å². The fourth-order valence-electron chi connectivity index (χ4n) is 4.86. The summed E-state index contributed by atoms with van der Waals surface area (Å²) in [6.45, 7) is 0.888. The van der Waals surface area contributed by atoms with Crippen molar-refractivity contribution in [2.24, 2.45) is 5.92 Å². The van der Waals surface area contributed by atoms with Crippen LogP contribution >= 0.6 is 11.6 Å². The molecule has 0 saturated carbocycles. The Morgan fingerprint density at radius 2 is 1.90 bits per heavy atom. The van der Waals surface area contributed by atoms with Gasteiger partial charge in [-0.3, -0.25) is 13.8 Å². The molecule has 0 bridgehead atoms. The number of methoxy groups -OCH3 is 1. The molecule has 0 radical (unpaired) electrons. The summed E-state index contributed by atoms with van der Waals surface area (Å²) in [4.78, 5) is 38.3. The summed E-state index contributed by atoms with van der Waals surface area (Å²) < 4.78 is 50.5. The first kappa shape index (κ1) is 25.4.